The van der Waals surface area contributed by atoms with Crippen molar-refractivity contribution < 1.29 is 14.3 Å². The van der Waals surface area contributed by atoms with Crippen LogP contribution < -0.4 is 10.1 Å². The van der Waals surface area contributed by atoms with Crippen LogP contribution in [0.2, 0.25) is 0 Å². The number of aryl methyl sites for hydroxylation is 1. The molecule has 0 radical (unpaired) electrons. The van der Waals surface area contributed by atoms with Gasteiger partial charge in [0, 0.05) is 0 Å². The van der Waals surface area contributed by atoms with E-state index in [-0.39, 0.29) is 18.0 Å². The van der Waals surface area contributed by atoms with Gasteiger partial charge >= 0.3 is 5.97 Å². The zero-order valence-electron chi connectivity index (χ0n) is 13.9. The second-order valence-corrected chi connectivity index (χ2v) is 6.15. The van der Waals surface area contributed by atoms with Crippen LogP contribution in [0.5, 0.6) is 5.75 Å². The van der Waals surface area contributed by atoms with Crippen LogP contribution in [0, 0.1) is 6.92 Å². The third kappa shape index (κ3) is 5.05. The van der Waals surface area contributed by atoms with Crippen LogP contribution in [-0.4, -0.2) is 32.3 Å². The summed E-state index contributed by atoms with van der Waals surface area (Å²) in [5.41, 5.74) is 2.25. The predicted octanol–water partition coefficient (Wildman–Crippen LogP) is 2.82. The van der Waals surface area contributed by atoms with Crippen molar-refractivity contribution in [3.8, 4) is 5.75 Å². The lowest BCUT2D eigenvalue weighted by atomic mass is 9.86. The maximum absolute atomic E-state index is 11.8. The van der Waals surface area contributed by atoms with Gasteiger partial charge in [-0.1, -0.05) is 32.9 Å². The van der Waals surface area contributed by atoms with E-state index in [4.69, 9.17) is 9.47 Å². The van der Waals surface area contributed by atoms with Crippen molar-refractivity contribution >= 4 is 5.97 Å². The van der Waals surface area contributed by atoms with Crippen LogP contribution in [0.25, 0.3) is 0 Å². The van der Waals surface area contributed by atoms with Gasteiger partial charge < -0.3 is 14.8 Å². The average molecular weight is 293 g/mol. The summed E-state index contributed by atoms with van der Waals surface area (Å²) >= 11 is 0. The minimum absolute atomic E-state index is 0.0118. The topological polar surface area (TPSA) is 47.6 Å². The highest BCUT2D eigenvalue weighted by molar-refractivity contribution is 5.75. The van der Waals surface area contributed by atoms with E-state index in [0.717, 1.165) is 16.9 Å². The summed E-state index contributed by atoms with van der Waals surface area (Å²) in [4.78, 5) is 11.8. The fraction of sp³-hybridized carbons (Fsp3) is 0.588. The van der Waals surface area contributed by atoms with Gasteiger partial charge in [-0.25, -0.2) is 0 Å². The molecule has 1 aromatic rings. The Morgan fingerprint density at radius 3 is 2.52 bits per heavy atom. The van der Waals surface area contributed by atoms with Gasteiger partial charge in [-0.15, -0.1) is 0 Å². The molecule has 0 amide bonds. The van der Waals surface area contributed by atoms with Gasteiger partial charge in [0.05, 0.1) is 6.61 Å². The second kappa shape index (κ2) is 7.46. The summed E-state index contributed by atoms with van der Waals surface area (Å²) in [5, 5.41) is 2.93. The third-order valence-electron chi connectivity index (χ3n) is 3.27. The average Bonchev–Trinajstić information content (AvgIpc) is 2.38. The molecule has 0 fully saturated rings. The van der Waals surface area contributed by atoms with Crippen molar-refractivity contribution in [1.29, 1.82) is 0 Å². The Hall–Kier alpha value is -1.55. The van der Waals surface area contributed by atoms with Crippen LogP contribution in [0.15, 0.2) is 18.2 Å². The molecule has 1 atom stereocenters. The Balaban J connectivity index is 2.87. The van der Waals surface area contributed by atoms with Crippen molar-refractivity contribution in [2.45, 2.75) is 46.1 Å². The van der Waals surface area contributed by atoms with Gasteiger partial charge in [0.15, 0.2) is 0 Å². The zero-order chi connectivity index (χ0) is 16.0. The molecule has 0 aromatic heterocycles. The molecule has 0 aliphatic carbocycles. The van der Waals surface area contributed by atoms with E-state index >= 15 is 0 Å². The molecule has 0 saturated heterocycles. The number of esters is 1. The Bertz CT molecular complexity index is 477. The fourth-order valence-corrected chi connectivity index (χ4v) is 2.05. The number of hydrogen-bond donors (Lipinski definition) is 1. The summed E-state index contributed by atoms with van der Waals surface area (Å²) in [5.74, 6) is 0.539. The monoisotopic (exact) mass is 293 g/mol. The van der Waals surface area contributed by atoms with Crippen molar-refractivity contribution in [2.24, 2.45) is 0 Å². The highest BCUT2D eigenvalue weighted by Gasteiger charge is 2.22. The SMILES string of the molecule is CCOC(=O)C(COc1cc(C)ccc1C(C)(C)C)NC. The molecule has 1 aromatic carbocycles. The first-order valence-corrected chi connectivity index (χ1v) is 7.37. The molecule has 1 rings (SSSR count). The van der Waals surface area contributed by atoms with Gasteiger partial charge in [-0.05, 0) is 43.5 Å². The van der Waals surface area contributed by atoms with E-state index in [2.05, 4.69) is 38.2 Å². The molecule has 1 N–H and O–H groups in total. The molecule has 118 valence electrons. The number of carbonyl (C=O) groups excluding carboxylic acids is 1. The largest absolute Gasteiger partial charge is 0.491 e. The minimum atomic E-state index is -0.460. The summed E-state index contributed by atoms with van der Waals surface area (Å²) < 4.78 is 10.9. The van der Waals surface area contributed by atoms with Crippen LogP contribution in [-0.2, 0) is 14.9 Å². The molecule has 4 heteroatoms. The second-order valence-electron chi connectivity index (χ2n) is 6.15. The Morgan fingerprint density at radius 2 is 2.00 bits per heavy atom. The molecule has 0 aliphatic rings. The van der Waals surface area contributed by atoms with Crippen molar-refractivity contribution in [3.05, 3.63) is 29.3 Å². The van der Waals surface area contributed by atoms with Gasteiger partial charge in [0.25, 0.3) is 0 Å². The van der Waals surface area contributed by atoms with Crippen molar-refractivity contribution in [1.82, 2.24) is 5.32 Å². The van der Waals surface area contributed by atoms with Gasteiger partial charge in [-0.2, -0.15) is 0 Å². The molecule has 0 spiro atoms. The highest BCUT2D eigenvalue weighted by Crippen LogP contribution is 2.32. The number of ether oxygens (including phenoxy) is 2. The third-order valence-corrected chi connectivity index (χ3v) is 3.27. The van der Waals surface area contributed by atoms with E-state index in [1.54, 1.807) is 14.0 Å². The van der Waals surface area contributed by atoms with E-state index in [0.29, 0.717) is 6.61 Å². The van der Waals surface area contributed by atoms with Crippen molar-refractivity contribution in [2.75, 3.05) is 20.3 Å². The first-order valence-electron chi connectivity index (χ1n) is 7.37. The Kier molecular flexibility index (Phi) is 6.21. The van der Waals surface area contributed by atoms with E-state index < -0.39 is 6.04 Å². The molecular weight excluding hydrogens is 266 g/mol. The number of benzene rings is 1. The number of nitrogens with one attached hydrogen (secondary N) is 1. The first kappa shape index (κ1) is 17.5. The lowest BCUT2D eigenvalue weighted by Gasteiger charge is -2.24. The maximum Gasteiger partial charge on any atom is 0.326 e. The molecule has 4 nitrogen and oxygen atoms in total. The molecule has 0 aliphatic heterocycles. The minimum Gasteiger partial charge on any atom is -0.491 e. The normalized spacial score (nSPS) is 12.9. The van der Waals surface area contributed by atoms with Gasteiger partial charge in [0.1, 0.15) is 18.4 Å². The molecule has 21 heavy (non-hydrogen) atoms. The number of hydrogen-bond acceptors (Lipinski definition) is 4. The predicted molar refractivity (Wildman–Crippen MR) is 84.9 cm³/mol. The molecular formula is C17H27NO3. The fourth-order valence-electron chi connectivity index (χ4n) is 2.05. The summed E-state index contributed by atoms with van der Waals surface area (Å²) in [6.45, 7) is 10.9. The summed E-state index contributed by atoms with van der Waals surface area (Å²) in [6, 6.07) is 5.72. The number of likely N-dealkylation sites (N-methyl/N-ethyl adjacent to an activating group) is 1. The lowest BCUT2D eigenvalue weighted by molar-refractivity contribution is -0.146. The van der Waals surface area contributed by atoms with Crippen LogP contribution in [0.3, 0.4) is 0 Å². The van der Waals surface area contributed by atoms with E-state index in [1.165, 1.54) is 0 Å². The Labute approximate surface area is 127 Å². The lowest BCUT2D eigenvalue weighted by Crippen LogP contribution is -2.40. The van der Waals surface area contributed by atoms with Crippen LogP contribution >= 0.6 is 0 Å². The van der Waals surface area contributed by atoms with Crippen molar-refractivity contribution in [3.63, 3.8) is 0 Å². The smallest absolute Gasteiger partial charge is 0.326 e. The maximum atomic E-state index is 11.8. The molecule has 0 saturated carbocycles. The quantitative estimate of drug-likeness (QED) is 0.819. The molecule has 1 unspecified atom stereocenters. The van der Waals surface area contributed by atoms with E-state index in [9.17, 15) is 4.79 Å². The summed E-state index contributed by atoms with van der Waals surface area (Å²) in [7, 11) is 1.73. The van der Waals surface area contributed by atoms with Gasteiger partial charge in [-0.3, -0.25) is 4.79 Å². The van der Waals surface area contributed by atoms with Gasteiger partial charge in [0.2, 0.25) is 0 Å². The molecule has 0 heterocycles. The highest BCUT2D eigenvalue weighted by atomic mass is 16.5. The standard InChI is InChI=1S/C17H27NO3/c1-7-20-16(19)14(18-6)11-21-15-10-12(2)8-9-13(15)17(3,4)5/h8-10,14,18H,7,11H2,1-6H3. The van der Waals surface area contributed by atoms with E-state index in [1.807, 2.05) is 13.0 Å². The van der Waals surface area contributed by atoms with Crippen LogP contribution in [0.4, 0.5) is 0 Å². The zero-order valence-corrected chi connectivity index (χ0v) is 13.9. The first-order chi connectivity index (χ1) is 9.79. The number of rotatable bonds is 6. The number of carbonyl (C=O) groups is 1. The summed E-state index contributed by atoms with van der Waals surface area (Å²) in [6.07, 6.45) is 0. The Morgan fingerprint density at radius 1 is 1.33 bits per heavy atom. The molecule has 0 bridgehead atoms. The van der Waals surface area contributed by atoms with Crippen LogP contribution in [0.1, 0.15) is 38.8 Å².